The number of hydrogen-bond acceptors (Lipinski definition) is 11. The van der Waals surface area contributed by atoms with Crippen LogP contribution in [0.3, 0.4) is 0 Å². The molecule has 1 aliphatic rings. The second-order valence-electron chi connectivity index (χ2n) is 9.72. The Morgan fingerprint density at radius 2 is 1.88 bits per heavy atom. The number of ether oxygens (including phenoxy) is 3. The van der Waals surface area contributed by atoms with Crippen molar-refractivity contribution in [1.29, 1.82) is 0 Å². The van der Waals surface area contributed by atoms with Gasteiger partial charge in [0.1, 0.15) is 34.7 Å². The molecular formula is C30H27NO10. The number of pyridine rings is 1. The predicted molar refractivity (Wildman–Crippen MR) is 145 cm³/mol. The Bertz CT molecular complexity index is 1770. The molecule has 5 rings (SSSR count). The summed E-state index contributed by atoms with van der Waals surface area (Å²) in [4.78, 5) is 43.2. The highest BCUT2D eigenvalue weighted by Gasteiger charge is 2.37. The topological polar surface area (TPSA) is 166 Å². The number of esters is 1. The van der Waals surface area contributed by atoms with E-state index in [1.54, 1.807) is 25.3 Å². The van der Waals surface area contributed by atoms with E-state index < -0.39 is 47.1 Å². The molecule has 0 unspecified atom stereocenters. The van der Waals surface area contributed by atoms with E-state index in [-0.39, 0.29) is 45.6 Å². The fourth-order valence-corrected chi connectivity index (χ4v) is 5.18. The zero-order chi connectivity index (χ0) is 29.6. The van der Waals surface area contributed by atoms with Gasteiger partial charge in [0.15, 0.2) is 11.2 Å². The molecule has 3 heterocycles. The third kappa shape index (κ3) is 4.63. The lowest BCUT2D eigenvalue weighted by Crippen LogP contribution is -2.19. The van der Waals surface area contributed by atoms with Gasteiger partial charge >= 0.3 is 5.97 Å². The molecule has 2 aromatic carbocycles. The van der Waals surface area contributed by atoms with Crippen LogP contribution in [0, 0.1) is 6.92 Å². The Morgan fingerprint density at radius 1 is 1.12 bits per heavy atom. The Morgan fingerprint density at radius 3 is 2.56 bits per heavy atom. The van der Waals surface area contributed by atoms with Crippen molar-refractivity contribution >= 4 is 22.7 Å². The summed E-state index contributed by atoms with van der Waals surface area (Å²) in [7, 11) is 2.60. The maximum atomic E-state index is 13.7. The van der Waals surface area contributed by atoms with Crippen molar-refractivity contribution in [3.63, 3.8) is 0 Å². The predicted octanol–water partition coefficient (Wildman–Crippen LogP) is 4.14. The van der Waals surface area contributed by atoms with E-state index in [1.165, 1.54) is 26.2 Å². The maximum absolute atomic E-state index is 13.7. The molecule has 0 saturated heterocycles. The van der Waals surface area contributed by atoms with Crippen molar-refractivity contribution in [2.75, 3.05) is 14.2 Å². The van der Waals surface area contributed by atoms with Gasteiger partial charge in [-0.15, -0.1) is 0 Å². The van der Waals surface area contributed by atoms with E-state index in [9.17, 15) is 29.7 Å². The fraction of sp³-hybridized carbons (Fsp3) is 0.267. The number of hydrogen-bond donors (Lipinski definition) is 3. The number of aromatic nitrogens is 1. The number of Topliss-reactive ketones (excluding diaryl/α,β-unsaturated/α-hetero) is 1. The highest BCUT2D eigenvalue weighted by Crippen LogP contribution is 2.50. The van der Waals surface area contributed by atoms with Gasteiger partial charge in [-0.1, -0.05) is 0 Å². The third-order valence-electron chi connectivity index (χ3n) is 7.35. The number of methoxy groups -OCH3 is 2. The van der Waals surface area contributed by atoms with Gasteiger partial charge < -0.3 is 33.9 Å². The van der Waals surface area contributed by atoms with Crippen LogP contribution in [0.2, 0.25) is 0 Å². The van der Waals surface area contributed by atoms with Crippen LogP contribution in [0.1, 0.15) is 69.2 Å². The first-order chi connectivity index (χ1) is 19.6. The number of benzene rings is 2. The minimum Gasteiger partial charge on any atom is -0.507 e. The van der Waals surface area contributed by atoms with Gasteiger partial charge in [0, 0.05) is 39.9 Å². The van der Waals surface area contributed by atoms with E-state index >= 15 is 0 Å². The quantitative estimate of drug-likeness (QED) is 0.219. The Labute approximate surface area is 233 Å². The fourth-order valence-electron chi connectivity index (χ4n) is 5.18. The summed E-state index contributed by atoms with van der Waals surface area (Å²) in [6.07, 6.45) is 1.16. The maximum Gasteiger partial charge on any atom is 0.306 e. The van der Waals surface area contributed by atoms with Crippen LogP contribution in [0.4, 0.5) is 0 Å². The number of aromatic hydroxyl groups is 3. The first kappa shape index (κ1) is 27.7. The first-order valence-electron chi connectivity index (χ1n) is 12.6. The molecule has 0 aliphatic carbocycles. The summed E-state index contributed by atoms with van der Waals surface area (Å²) in [5, 5.41) is 33.9. The summed E-state index contributed by atoms with van der Waals surface area (Å²) in [6, 6.07) is 5.91. The number of ketones is 1. The van der Waals surface area contributed by atoms with E-state index in [0.717, 1.165) is 13.4 Å². The zero-order valence-electron chi connectivity index (χ0n) is 22.7. The number of fused-ring (bicyclic) bond motifs is 2. The Kier molecular flexibility index (Phi) is 7.14. The molecule has 1 aliphatic heterocycles. The lowest BCUT2D eigenvalue weighted by molar-refractivity contribution is -0.140. The number of aryl methyl sites for hydroxylation is 1. The van der Waals surface area contributed by atoms with Crippen LogP contribution < -0.4 is 10.2 Å². The molecule has 0 amide bonds. The largest absolute Gasteiger partial charge is 0.507 e. The SMILES string of the molecule is COC(=O)C[C@@H](c1c(O)c(C(C)=O)cc([C@@H]2OCc3cnc(C)c(O)c32)c1O)c1coc2ccc(OC)cc2c1=O. The lowest BCUT2D eigenvalue weighted by atomic mass is 9.83. The van der Waals surface area contributed by atoms with Gasteiger partial charge in [0.25, 0.3) is 0 Å². The van der Waals surface area contributed by atoms with E-state index in [4.69, 9.17) is 18.6 Å². The number of phenolic OH excluding ortho intramolecular Hbond substituents is 2. The number of carbonyl (C=O) groups is 2. The molecule has 0 saturated carbocycles. The van der Waals surface area contributed by atoms with Crippen molar-refractivity contribution in [2.45, 2.75) is 38.9 Å². The molecule has 4 aromatic rings. The van der Waals surface area contributed by atoms with Crippen LogP contribution in [0.25, 0.3) is 11.0 Å². The molecule has 0 fully saturated rings. The molecule has 0 radical (unpaired) electrons. The van der Waals surface area contributed by atoms with Crippen LogP contribution >= 0.6 is 0 Å². The minimum absolute atomic E-state index is 0.0457. The Balaban J connectivity index is 1.80. The molecule has 3 N–H and O–H groups in total. The van der Waals surface area contributed by atoms with Gasteiger partial charge in [-0.3, -0.25) is 19.4 Å². The lowest BCUT2D eigenvalue weighted by Gasteiger charge is -2.24. The summed E-state index contributed by atoms with van der Waals surface area (Å²) in [5.41, 5.74) is 0.470. The number of carbonyl (C=O) groups excluding carboxylic acids is 2. The van der Waals surface area contributed by atoms with Gasteiger partial charge in [-0.05, 0) is 38.1 Å². The van der Waals surface area contributed by atoms with Crippen LogP contribution in [-0.4, -0.2) is 46.3 Å². The smallest absolute Gasteiger partial charge is 0.306 e. The van der Waals surface area contributed by atoms with Crippen molar-refractivity contribution < 1.29 is 43.5 Å². The molecule has 11 heteroatoms. The van der Waals surface area contributed by atoms with Crippen LogP contribution in [0.5, 0.6) is 23.0 Å². The average molecular weight is 562 g/mol. The van der Waals surface area contributed by atoms with E-state index in [2.05, 4.69) is 4.98 Å². The summed E-state index contributed by atoms with van der Waals surface area (Å²) < 4.78 is 21.7. The van der Waals surface area contributed by atoms with Crippen molar-refractivity contribution in [3.8, 4) is 23.0 Å². The summed E-state index contributed by atoms with van der Waals surface area (Å²) in [6.45, 7) is 2.89. The third-order valence-corrected chi connectivity index (χ3v) is 7.35. The van der Waals surface area contributed by atoms with Crippen LogP contribution in [-0.2, 0) is 20.9 Å². The van der Waals surface area contributed by atoms with E-state index in [0.29, 0.717) is 22.6 Å². The zero-order valence-corrected chi connectivity index (χ0v) is 22.7. The normalized spacial score (nSPS) is 15.0. The monoisotopic (exact) mass is 561 g/mol. The minimum atomic E-state index is -1.30. The second-order valence-corrected chi connectivity index (χ2v) is 9.72. The average Bonchev–Trinajstić information content (AvgIpc) is 3.39. The molecule has 212 valence electrons. The number of rotatable bonds is 7. The van der Waals surface area contributed by atoms with Gasteiger partial charge in [0.2, 0.25) is 0 Å². The number of nitrogens with zero attached hydrogens (tertiary/aromatic N) is 1. The highest BCUT2D eigenvalue weighted by atomic mass is 16.5. The summed E-state index contributed by atoms with van der Waals surface area (Å²) in [5.74, 6) is -3.51. The molecule has 2 atom stereocenters. The van der Waals surface area contributed by atoms with Crippen LogP contribution in [0.15, 0.2) is 45.9 Å². The molecule has 41 heavy (non-hydrogen) atoms. The molecular weight excluding hydrogens is 534 g/mol. The summed E-state index contributed by atoms with van der Waals surface area (Å²) >= 11 is 0. The van der Waals surface area contributed by atoms with E-state index in [1.807, 2.05) is 0 Å². The van der Waals surface area contributed by atoms with Gasteiger partial charge in [0.05, 0.1) is 50.2 Å². The second kappa shape index (κ2) is 10.6. The van der Waals surface area contributed by atoms with Gasteiger partial charge in [-0.25, -0.2) is 0 Å². The van der Waals surface area contributed by atoms with Crippen molar-refractivity contribution in [1.82, 2.24) is 4.98 Å². The van der Waals surface area contributed by atoms with Crippen molar-refractivity contribution in [3.05, 3.63) is 86.0 Å². The molecule has 0 bridgehead atoms. The van der Waals surface area contributed by atoms with Crippen molar-refractivity contribution in [2.24, 2.45) is 0 Å². The number of phenols is 2. The highest BCUT2D eigenvalue weighted by molar-refractivity contribution is 5.98. The first-order valence-corrected chi connectivity index (χ1v) is 12.6. The van der Waals surface area contributed by atoms with Gasteiger partial charge in [-0.2, -0.15) is 0 Å². The molecule has 0 spiro atoms. The molecule has 2 aromatic heterocycles. The Hall–Kier alpha value is -4.90. The standard InChI is InChI=1S/C30H27NO10/c1-13-26(34)24-15(10-31-13)11-41-30(24)20-8-17(14(2)32)28(36)25(29(20)37)18(9-23(33)39-4)21-12-40-22-6-5-16(38-3)7-19(22)27(21)35/h5-8,10,12,18,30,34,36-37H,9,11H2,1-4H3/t18-,30+/m1/s1. The molecule has 11 nitrogen and oxygen atoms in total.